The van der Waals surface area contributed by atoms with Crippen LogP contribution in [0.4, 0.5) is 51.7 Å². The first-order valence-corrected chi connectivity index (χ1v) is 33.1. The van der Waals surface area contributed by atoms with Crippen LogP contribution in [0.5, 0.6) is 17.2 Å². The van der Waals surface area contributed by atoms with Crippen LogP contribution >= 0.6 is 0 Å². The van der Waals surface area contributed by atoms with Gasteiger partial charge in [0.1, 0.15) is 75.6 Å². The molecule has 1 atom stereocenters. The highest BCUT2D eigenvalue weighted by molar-refractivity contribution is 5.96. The molecule has 28 nitrogen and oxygen atoms in total. The Hall–Kier alpha value is -12.2. The van der Waals surface area contributed by atoms with E-state index in [0.29, 0.717) is 49.0 Å². The summed E-state index contributed by atoms with van der Waals surface area (Å²) in [6, 6.07) is 39.0. The predicted octanol–water partition coefficient (Wildman–Crippen LogP) is 14.2. The van der Waals surface area contributed by atoms with Gasteiger partial charge >= 0.3 is 0 Å². The van der Waals surface area contributed by atoms with Crippen LogP contribution in [0.3, 0.4) is 0 Å². The Kier molecular flexibility index (Phi) is 17.0. The van der Waals surface area contributed by atoms with Crippen LogP contribution < -0.4 is 40.4 Å². The van der Waals surface area contributed by atoms with Gasteiger partial charge in [0.05, 0.1) is 110 Å². The van der Waals surface area contributed by atoms with Crippen LogP contribution in [0.15, 0.2) is 189 Å². The maximum absolute atomic E-state index is 5.97. The molecule has 12 aromatic heterocycles. The molecule has 101 heavy (non-hydrogen) atoms. The summed E-state index contributed by atoms with van der Waals surface area (Å²) in [5.74, 6) is 5.50. The molecule has 0 spiro atoms. The third-order valence-corrected chi connectivity index (χ3v) is 17.7. The minimum absolute atomic E-state index is 0.0963. The SMILES string of the molecule is CC1(COc2coc3cc(Nc4n[nH]c5cccnc45)ccc23)COC1.c1cnc2c(Nc3ccc4c(N5CCOCC5)coc4c3)n[nH]c2c1.c1cnc2c(Nc3ccc4c(OC5CCOC5)coc4c3)n[nH]c2c1.c1cnc2c(Nc3ccc4c(OCC5COC5)coc4c3)n[nH]c2c1. The van der Waals surface area contributed by atoms with E-state index in [1.165, 1.54) is 0 Å². The topological polar surface area (TPSA) is 335 Å². The van der Waals surface area contributed by atoms with Crippen LogP contribution in [-0.4, -0.2) is 146 Å². The Balaban J connectivity index is 0.000000100. The summed E-state index contributed by atoms with van der Waals surface area (Å²) in [4.78, 5) is 19.7. The molecule has 28 heteroatoms. The number of H-pyrrole nitrogens is 4. The van der Waals surface area contributed by atoms with Crippen molar-refractivity contribution in [1.29, 1.82) is 0 Å². The zero-order valence-corrected chi connectivity index (χ0v) is 54.5. The standard InChI is InChI=1S/C19H18N4O3.C18H17N5O2.2C18H16N4O3/c1-19(9-24-10-19)11-26-16-8-25-15-7-12(4-5-13(15)16)21-18-17-14(22-23-18)3-2-6-20-17;1-2-14-17(19-5-1)18(22-21-14)20-12-3-4-13-15(11-25-16(13)10-12)23-6-8-24-9-7-23;1-2-14-17(19-6-1)18(22-21-14)20-11-3-4-13-15(8-11)24-10-16(13)25-12-5-7-23-9-12;1-2-14-17(19-5-1)18(22-21-14)20-12-3-4-13-15(6-12)25-10-16(13)24-9-11-7-23-8-11/h2-8H,9-11H2,1H3,(H2,21,22,23);1-5,10-11H,6-9H2,(H2,20,21,22);1-4,6,8,10,12H,5,7,9H2,(H2,20,21,22);1-6,10-11H,7-9H2,(H2,20,21,22). The third kappa shape index (κ3) is 13.4. The lowest BCUT2D eigenvalue weighted by Crippen LogP contribution is -2.44. The van der Waals surface area contributed by atoms with Gasteiger partial charge in [0.2, 0.25) is 0 Å². The number of fused-ring (bicyclic) bond motifs is 8. The number of ether oxygens (including phenoxy) is 7. The van der Waals surface area contributed by atoms with E-state index in [1.54, 1.807) is 43.6 Å². The second kappa shape index (κ2) is 27.6. The first-order chi connectivity index (χ1) is 49.8. The molecular formula is C73H67N17O11. The Morgan fingerprint density at radius 1 is 0.455 bits per heavy atom. The van der Waals surface area contributed by atoms with Gasteiger partial charge in [-0.2, -0.15) is 20.4 Å². The van der Waals surface area contributed by atoms with Gasteiger partial charge in [-0.1, -0.05) is 6.92 Å². The second-order valence-electron chi connectivity index (χ2n) is 25.2. The summed E-state index contributed by atoms with van der Waals surface area (Å²) in [5.41, 5.74) is 14.6. The summed E-state index contributed by atoms with van der Waals surface area (Å²) >= 11 is 0. The molecule has 4 aliphatic heterocycles. The van der Waals surface area contributed by atoms with Crippen LogP contribution in [0, 0.1) is 11.3 Å². The highest BCUT2D eigenvalue weighted by atomic mass is 16.6. The fourth-order valence-electron chi connectivity index (χ4n) is 12.2. The van der Waals surface area contributed by atoms with E-state index in [4.69, 9.17) is 50.8 Å². The lowest BCUT2D eigenvalue weighted by molar-refractivity contribution is -0.120. The molecule has 0 saturated carbocycles. The zero-order chi connectivity index (χ0) is 67.5. The first kappa shape index (κ1) is 62.3. The van der Waals surface area contributed by atoms with Crippen molar-refractivity contribution in [3.05, 3.63) is 171 Å². The van der Waals surface area contributed by atoms with Crippen LogP contribution in [-0.2, 0) is 18.9 Å². The van der Waals surface area contributed by atoms with Gasteiger partial charge in [0.15, 0.2) is 40.5 Å². The molecule has 1 unspecified atom stereocenters. The Morgan fingerprint density at radius 2 is 0.881 bits per heavy atom. The van der Waals surface area contributed by atoms with Gasteiger partial charge in [0.25, 0.3) is 0 Å². The molecule has 4 fully saturated rings. The predicted molar refractivity (Wildman–Crippen MR) is 381 cm³/mol. The molecule has 0 bridgehead atoms. The van der Waals surface area contributed by atoms with Crippen molar-refractivity contribution < 1.29 is 50.8 Å². The molecule has 0 aliphatic carbocycles. The average Bonchev–Trinajstić information content (AvgIpc) is 1.67. The molecule has 4 saturated heterocycles. The van der Waals surface area contributed by atoms with Gasteiger partial charge in [-0.15, -0.1) is 0 Å². The molecule has 0 radical (unpaired) electrons. The van der Waals surface area contributed by atoms with Gasteiger partial charge in [-0.25, -0.2) is 0 Å². The number of aromatic nitrogens is 12. The maximum Gasteiger partial charge on any atom is 0.178 e. The summed E-state index contributed by atoms with van der Waals surface area (Å²) in [7, 11) is 0. The molecule has 16 aromatic rings. The summed E-state index contributed by atoms with van der Waals surface area (Å²) in [6.07, 6.45) is 14.8. The highest BCUT2D eigenvalue weighted by Crippen LogP contribution is 2.38. The van der Waals surface area contributed by atoms with Crippen LogP contribution in [0.25, 0.3) is 88.0 Å². The van der Waals surface area contributed by atoms with Crippen molar-refractivity contribution in [2.24, 2.45) is 11.3 Å². The second-order valence-corrected chi connectivity index (χ2v) is 25.2. The fraction of sp³-hybridized carbons (Fsp3) is 0.233. The van der Waals surface area contributed by atoms with Crippen LogP contribution in [0.2, 0.25) is 0 Å². The average molecular weight is 1360 g/mol. The quantitative estimate of drug-likeness (QED) is 0.0420. The number of pyridine rings is 4. The smallest absolute Gasteiger partial charge is 0.178 e. The van der Waals surface area contributed by atoms with Crippen LogP contribution in [0.1, 0.15) is 13.3 Å². The Bertz CT molecular complexity index is 5540. The monoisotopic (exact) mass is 1360 g/mol. The molecule has 16 heterocycles. The lowest BCUT2D eigenvalue weighted by Gasteiger charge is -2.37. The van der Waals surface area contributed by atoms with E-state index in [0.717, 1.165) is 199 Å². The number of nitrogens with zero attached hydrogens (tertiary/aromatic N) is 9. The number of furan rings is 4. The van der Waals surface area contributed by atoms with Crippen molar-refractivity contribution in [3.63, 3.8) is 0 Å². The number of aromatic amines is 4. The van der Waals surface area contributed by atoms with E-state index in [1.807, 2.05) is 122 Å². The molecular weight excluding hydrogens is 1290 g/mol. The van der Waals surface area contributed by atoms with Gasteiger partial charge in [0, 0.05) is 108 Å². The molecule has 0 amide bonds. The van der Waals surface area contributed by atoms with Gasteiger partial charge in [-0.3, -0.25) is 40.3 Å². The number of hydrogen-bond acceptors (Lipinski definition) is 24. The third-order valence-electron chi connectivity index (χ3n) is 17.7. The molecule has 20 rings (SSSR count). The fourth-order valence-corrected chi connectivity index (χ4v) is 12.2. The van der Waals surface area contributed by atoms with E-state index >= 15 is 0 Å². The minimum Gasteiger partial charge on any atom is -0.489 e. The number of nitrogens with one attached hydrogen (secondary N) is 8. The molecule has 8 N–H and O–H groups in total. The van der Waals surface area contributed by atoms with E-state index in [9.17, 15) is 0 Å². The first-order valence-electron chi connectivity index (χ1n) is 33.1. The molecule has 4 aliphatic rings. The van der Waals surface area contributed by atoms with Crippen molar-refractivity contribution in [1.82, 2.24) is 60.7 Å². The summed E-state index contributed by atoms with van der Waals surface area (Å²) in [6.45, 7) is 11.1. The maximum atomic E-state index is 5.97. The highest BCUT2D eigenvalue weighted by Gasteiger charge is 2.35. The van der Waals surface area contributed by atoms with Gasteiger partial charge in [-0.05, 0) is 97.1 Å². The largest absolute Gasteiger partial charge is 0.489 e. The number of rotatable bonds is 17. The number of anilines is 9. The van der Waals surface area contributed by atoms with Crippen molar-refractivity contribution in [2.45, 2.75) is 19.4 Å². The number of benzene rings is 4. The summed E-state index contributed by atoms with van der Waals surface area (Å²) in [5, 5.41) is 46.1. The van der Waals surface area contributed by atoms with E-state index in [-0.39, 0.29) is 11.5 Å². The molecule has 510 valence electrons. The van der Waals surface area contributed by atoms with Crippen molar-refractivity contribution in [3.8, 4) is 17.2 Å². The lowest BCUT2D eigenvalue weighted by atomic mass is 9.90. The van der Waals surface area contributed by atoms with Crippen molar-refractivity contribution in [2.75, 3.05) is 105 Å². The van der Waals surface area contributed by atoms with E-state index < -0.39 is 0 Å². The zero-order valence-electron chi connectivity index (χ0n) is 54.5. The minimum atomic E-state index is 0.0963. The summed E-state index contributed by atoms with van der Waals surface area (Å²) < 4.78 is 61.7. The van der Waals surface area contributed by atoms with E-state index in [2.05, 4.69) is 99.9 Å². The normalized spacial score (nSPS) is 15.8. The number of hydrogen-bond donors (Lipinski definition) is 8. The van der Waals surface area contributed by atoms with Crippen molar-refractivity contribution >= 4 is 140 Å². The van der Waals surface area contributed by atoms with Gasteiger partial charge < -0.3 is 77.0 Å². The number of morpholine rings is 1. The Morgan fingerprint density at radius 3 is 1.31 bits per heavy atom. The molecule has 4 aromatic carbocycles. The Labute approximate surface area is 573 Å².